The number of benzene rings is 2. The smallest absolute Gasteiger partial charge is 0.300 e. The third-order valence-corrected chi connectivity index (χ3v) is 2.67. The van der Waals surface area contributed by atoms with Gasteiger partial charge in [0.1, 0.15) is 0 Å². The van der Waals surface area contributed by atoms with Crippen LogP contribution in [0.15, 0.2) is 42.5 Å². The Hall–Kier alpha value is -2.20. The minimum absolute atomic E-state index is 0. The summed E-state index contributed by atoms with van der Waals surface area (Å²) in [4.78, 5) is 27.0. The predicted octanol–water partition coefficient (Wildman–Crippen LogP) is 4.64. The van der Waals surface area contributed by atoms with Crippen molar-refractivity contribution in [1.82, 2.24) is 0 Å². The van der Waals surface area contributed by atoms with Crippen LogP contribution in [0.4, 0.5) is 0 Å². The first-order valence-electron chi connectivity index (χ1n) is 7.84. The van der Waals surface area contributed by atoms with Crippen LogP contribution < -0.4 is 0 Å². The second-order valence-electron chi connectivity index (χ2n) is 5.02. The quantitative estimate of drug-likeness (QED) is 0.408. The van der Waals surface area contributed by atoms with E-state index in [1.807, 2.05) is 30.3 Å². The van der Waals surface area contributed by atoms with Crippen LogP contribution in [0.3, 0.4) is 0 Å². The van der Waals surface area contributed by atoms with Gasteiger partial charge in [0.05, 0.1) is 0 Å². The monoisotopic (exact) mass is 501 g/mol. The molecule has 0 fully saturated rings. The maximum atomic E-state index is 9.00. The number of hydrogen-bond acceptors (Lipinski definition) is 3. The summed E-state index contributed by atoms with van der Waals surface area (Å²) in [6.45, 7) is 5.39. The van der Waals surface area contributed by atoms with Crippen molar-refractivity contribution < 1.29 is 50.1 Å². The van der Waals surface area contributed by atoms with Gasteiger partial charge in [0.15, 0.2) is 0 Å². The van der Waals surface area contributed by atoms with Gasteiger partial charge in [-0.15, -0.1) is 5.56 Å². The molecule has 28 heavy (non-hydrogen) atoms. The Balaban J connectivity index is -0.000000401. The average Bonchev–Trinajstić information content (AvgIpc) is 2.54. The zero-order valence-electron chi connectivity index (χ0n) is 16.0. The Bertz CT molecular complexity index is 676. The van der Waals surface area contributed by atoms with Crippen LogP contribution in [0.2, 0.25) is 5.02 Å². The second kappa shape index (κ2) is 18.2. The second-order valence-corrected chi connectivity index (χ2v) is 5.46. The summed E-state index contributed by atoms with van der Waals surface area (Å²) in [5.74, 6) is -2.50. The van der Waals surface area contributed by atoms with E-state index in [2.05, 4.69) is 25.1 Å². The number of aryl methyl sites for hydroxylation is 1. The molecule has 0 aliphatic heterocycles. The van der Waals surface area contributed by atoms with E-state index in [9.17, 15) is 0 Å². The number of carboxylic acids is 3. The Morgan fingerprint density at radius 3 is 1.61 bits per heavy atom. The zero-order valence-corrected chi connectivity index (χ0v) is 18.3. The summed E-state index contributed by atoms with van der Waals surface area (Å²) in [5.41, 5.74) is 3.66. The third-order valence-electron chi connectivity index (χ3n) is 2.42. The van der Waals surface area contributed by atoms with E-state index < -0.39 is 17.9 Å². The topological polar surface area (TPSA) is 112 Å². The van der Waals surface area contributed by atoms with Gasteiger partial charge in [-0.3, -0.25) is 14.4 Å². The maximum Gasteiger partial charge on any atom is 0.300 e. The zero-order chi connectivity index (χ0) is 21.4. The van der Waals surface area contributed by atoms with Crippen molar-refractivity contribution in [1.29, 1.82) is 0 Å². The van der Waals surface area contributed by atoms with E-state index in [1.165, 1.54) is 16.7 Å². The number of aliphatic carboxylic acids is 3. The van der Waals surface area contributed by atoms with Crippen LogP contribution >= 0.6 is 11.6 Å². The van der Waals surface area contributed by atoms with Crippen LogP contribution in [0.25, 0.3) is 11.1 Å². The standard InChI is InChI=1S/C14H12Cl.3C2H4O2.Pd/c1-2-11-4-3-5-13(10-11)12-6-8-14(15)9-7-12;3*1-2(3)4;/h3,5-10H,2H2,1H3;3*1H3,(H,3,4);/q-1;;;;. The van der Waals surface area contributed by atoms with Gasteiger partial charge in [-0.2, -0.15) is 29.8 Å². The number of carboxylic acid groups (broad SMARTS) is 3. The van der Waals surface area contributed by atoms with Crippen molar-refractivity contribution in [3.63, 3.8) is 0 Å². The van der Waals surface area contributed by atoms with Crippen molar-refractivity contribution in [3.05, 3.63) is 59.1 Å². The molecule has 8 heteroatoms. The van der Waals surface area contributed by atoms with E-state index in [-0.39, 0.29) is 20.4 Å². The van der Waals surface area contributed by atoms with Crippen LogP contribution in [0.1, 0.15) is 33.3 Å². The van der Waals surface area contributed by atoms with Crippen molar-refractivity contribution in [2.24, 2.45) is 0 Å². The molecule has 0 aliphatic carbocycles. The van der Waals surface area contributed by atoms with Gasteiger partial charge in [0.25, 0.3) is 17.9 Å². The average molecular weight is 502 g/mol. The molecule has 0 amide bonds. The predicted molar refractivity (Wildman–Crippen MR) is 105 cm³/mol. The molecule has 0 bridgehead atoms. The first-order valence-corrected chi connectivity index (χ1v) is 8.22. The summed E-state index contributed by atoms with van der Waals surface area (Å²) in [6.07, 6.45) is 1.02. The summed E-state index contributed by atoms with van der Waals surface area (Å²) < 4.78 is 0. The number of hydrogen-bond donors (Lipinski definition) is 3. The van der Waals surface area contributed by atoms with Crippen molar-refractivity contribution >= 4 is 29.5 Å². The molecule has 0 heterocycles. The molecule has 0 unspecified atom stereocenters. The molecule has 0 radical (unpaired) electrons. The molecule has 2 rings (SSSR count). The Kier molecular flexibility index (Phi) is 19.8. The Labute approximate surface area is 183 Å². The van der Waals surface area contributed by atoms with Gasteiger partial charge in [0.2, 0.25) is 0 Å². The van der Waals surface area contributed by atoms with Crippen molar-refractivity contribution in [2.45, 2.75) is 34.1 Å². The van der Waals surface area contributed by atoms with E-state index in [1.54, 1.807) is 0 Å². The third kappa shape index (κ3) is 21.8. The van der Waals surface area contributed by atoms with Gasteiger partial charge in [-0.05, 0) is 17.7 Å². The molecule has 0 spiro atoms. The number of halogens is 1. The minimum Gasteiger partial charge on any atom is -0.481 e. The maximum absolute atomic E-state index is 9.00. The fourth-order valence-corrected chi connectivity index (χ4v) is 1.67. The van der Waals surface area contributed by atoms with Crippen LogP contribution in [-0.4, -0.2) is 33.2 Å². The van der Waals surface area contributed by atoms with E-state index in [0.717, 1.165) is 32.2 Å². The fourth-order valence-electron chi connectivity index (χ4n) is 1.54. The largest absolute Gasteiger partial charge is 0.481 e. The van der Waals surface area contributed by atoms with Crippen molar-refractivity contribution in [3.8, 4) is 11.1 Å². The summed E-state index contributed by atoms with van der Waals surface area (Å²) in [5, 5.41) is 23.0. The molecule has 3 N–H and O–H groups in total. The minimum atomic E-state index is -0.833. The molecule has 0 saturated carbocycles. The molecule has 0 saturated heterocycles. The summed E-state index contributed by atoms with van der Waals surface area (Å²) in [7, 11) is 0. The molecular formula is C20H24ClO6Pd-. The fraction of sp³-hybridized carbons (Fsp3) is 0.250. The summed E-state index contributed by atoms with van der Waals surface area (Å²) in [6, 6.07) is 17.3. The molecule has 0 atom stereocenters. The van der Waals surface area contributed by atoms with Gasteiger partial charge in [-0.25, -0.2) is 0 Å². The molecular weight excluding hydrogens is 478 g/mol. The normalized spacial score (nSPS) is 8.18. The van der Waals surface area contributed by atoms with E-state index in [0.29, 0.717) is 0 Å². The Morgan fingerprint density at radius 2 is 1.25 bits per heavy atom. The summed E-state index contributed by atoms with van der Waals surface area (Å²) >= 11 is 5.85. The molecule has 2 aromatic rings. The molecule has 0 aromatic heterocycles. The first-order chi connectivity index (χ1) is 12.5. The SMILES string of the molecule is CC(=O)O.CC(=O)O.CC(=O)O.CCc1[c-]ccc(-c2ccc(Cl)cc2)c1.[Pd]. The van der Waals surface area contributed by atoms with E-state index >= 15 is 0 Å². The first kappa shape index (κ1) is 30.5. The van der Waals surface area contributed by atoms with E-state index in [4.69, 9.17) is 41.3 Å². The van der Waals surface area contributed by atoms with Crippen LogP contribution in [0, 0.1) is 6.07 Å². The van der Waals surface area contributed by atoms with Gasteiger partial charge < -0.3 is 15.3 Å². The Morgan fingerprint density at radius 1 is 0.857 bits per heavy atom. The molecule has 6 nitrogen and oxygen atoms in total. The number of rotatable bonds is 2. The van der Waals surface area contributed by atoms with Crippen LogP contribution in [0.5, 0.6) is 0 Å². The molecule has 158 valence electrons. The van der Waals surface area contributed by atoms with Crippen LogP contribution in [-0.2, 0) is 41.2 Å². The number of carbonyl (C=O) groups is 3. The van der Waals surface area contributed by atoms with Crippen molar-refractivity contribution in [2.75, 3.05) is 0 Å². The van der Waals surface area contributed by atoms with Gasteiger partial charge in [0, 0.05) is 46.2 Å². The molecule has 0 aliphatic rings. The van der Waals surface area contributed by atoms with Gasteiger partial charge in [-0.1, -0.05) is 37.1 Å². The van der Waals surface area contributed by atoms with Gasteiger partial charge >= 0.3 is 0 Å². The molecule has 2 aromatic carbocycles.